The minimum absolute atomic E-state index is 0.107. The van der Waals surface area contributed by atoms with E-state index in [1.807, 2.05) is 4.90 Å². The molecule has 28 heavy (non-hydrogen) atoms. The summed E-state index contributed by atoms with van der Waals surface area (Å²) in [6.07, 6.45) is 0.407. The summed E-state index contributed by atoms with van der Waals surface area (Å²) in [6.45, 7) is 4.95. The number of benzene rings is 1. The molecule has 0 saturated carbocycles. The molecule has 0 spiro atoms. The molecule has 0 amide bonds. The van der Waals surface area contributed by atoms with Crippen molar-refractivity contribution in [3.8, 4) is 5.75 Å². The Labute approximate surface area is 163 Å². The van der Waals surface area contributed by atoms with Crippen molar-refractivity contribution in [3.05, 3.63) is 33.4 Å². The van der Waals surface area contributed by atoms with Crippen LogP contribution in [0.25, 0.3) is 0 Å². The smallest absolute Gasteiger partial charge is 0.270 e. The molecule has 0 unspecified atom stereocenters. The summed E-state index contributed by atoms with van der Waals surface area (Å²) in [5, 5.41) is 21.4. The molecule has 1 heterocycles. The molecular formula is C18H26N2O8. The molecule has 0 atom stereocenters. The Kier molecular flexibility index (Phi) is 9.80. The van der Waals surface area contributed by atoms with Crippen LogP contribution in [0.5, 0.6) is 5.75 Å². The lowest BCUT2D eigenvalue weighted by atomic mass is 10.1. The molecule has 1 aromatic rings. The van der Waals surface area contributed by atoms with Gasteiger partial charge in [0, 0.05) is 37.3 Å². The summed E-state index contributed by atoms with van der Waals surface area (Å²) in [5.41, 5.74) is -0.0414. The van der Waals surface area contributed by atoms with Crippen molar-refractivity contribution >= 4 is 12.0 Å². The number of aldehydes is 1. The zero-order valence-electron chi connectivity index (χ0n) is 15.7. The third-order valence-electron chi connectivity index (χ3n) is 4.15. The predicted octanol–water partition coefficient (Wildman–Crippen LogP) is 0.995. The van der Waals surface area contributed by atoms with Gasteiger partial charge in [-0.25, -0.2) is 0 Å². The van der Waals surface area contributed by atoms with Crippen LogP contribution in [0.2, 0.25) is 0 Å². The van der Waals surface area contributed by atoms with Crippen LogP contribution in [0.4, 0.5) is 5.69 Å². The lowest BCUT2D eigenvalue weighted by Crippen LogP contribution is -2.31. The topological polar surface area (TPSA) is 121 Å². The van der Waals surface area contributed by atoms with E-state index >= 15 is 0 Å². The first kappa shape index (κ1) is 22.2. The molecule has 1 saturated heterocycles. The Hall–Kier alpha value is -2.11. The van der Waals surface area contributed by atoms with Gasteiger partial charge in [-0.2, -0.15) is 0 Å². The number of nitrogens with zero attached hydrogens (tertiary/aromatic N) is 2. The maximum Gasteiger partial charge on any atom is 0.270 e. The van der Waals surface area contributed by atoms with E-state index in [9.17, 15) is 20.0 Å². The predicted molar refractivity (Wildman–Crippen MR) is 98.7 cm³/mol. The summed E-state index contributed by atoms with van der Waals surface area (Å²) in [6, 6.07) is 2.34. The van der Waals surface area contributed by atoms with Crippen LogP contribution in [0.3, 0.4) is 0 Å². The van der Waals surface area contributed by atoms with Crippen LogP contribution >= 0.6 is 0 Å². The van der Waals surface area contributed by atoms with E-state index in [1.165, 1.54) is 6.07 Å². The van der Waals surface area contributed by atoms with Gasteiger partial charge in [0.15, 0.2) is 6.29 Å². The summed E-state index contributed by atoms with van der Waals surface area (Å²) in [4.78, 5) is 23.6. The minimum atomic E-state index is -0.589. The monoisotopic (exact) mass is 398 g/mol. The number of carbonyl (C=O) groups is 1. The summed E-state index contributed by atoms with van der Waals surface area (Å²) in [7, 11) is 0. The Morgan fingerprint density at radius 2 is 1.46 bits per heavy atom. The molecule has 1 aliphatic heterocycles. The van der Waals surface area contributed by atoms with Gasteiger partial charge in [0.2, 0.25) is 0 Å². The fourth-order valence-electron chi connectivity index (χ4n) is 2.68. The van der Waals surface area contributed by atoms with Gasteiger partial charge in [0.1, 0.15) is 5.75 Å². The first-order valence-corrected chi connectivity index (χ1v) is 9.10. The number of nitro benzene ring substituents is 1. The molecule has 1 fully saturated rings. The van der Waals surface area contributed by atoms with Crippen LogP contribution in [0, 0.1) is 10.1 Å². The average molecular weight is 398 g/mol. The molecule has 0 bridgehead atoms. The van der Waals surface area contributed by atoms with Crippen molar-refractivity contribution in [1.29, 1.82) is 0 Å². The zero-order chi connectivity index (χ0) is 20.2. The molecule has 1 aromatic carbocycles. The molecule has 0 radical (unpaired) electrons. The second-order valence-corrected chi connectivity index (χ2v) is 6.14. The standard InChI is InChI=1S/C18H26N2O8/c21-14-16-12-17(20(23)24)11-15(18(16)22)13-19-1-3-25-5-7-27-9-10-28-8-6-26-4-2-19/h11-12,14,22H,1-10,13H2. The minimum Gasteiger partial charge on any atom is -0.507 e. The number of rotatable bonds is 4. The lowest BCUT2D eigenvalue weighted by molar-refractivity contribution is -0.385. The van der Waals surface area contributed by atoms with E-state index in [1.54, 1.807) is 0 Å². The van der Waals surface area contributed by atoms with E-state index in [-0.39, 0.29) is 23.5 Å². The molecule has 0 aliphatic carbocycles. The number of nitro groups is 1. The highest BCUT2D eigenvalue weighted by atomic mass is 16.6. The van der Waals surface area contributed by atoms with Crippen molar-refractivity contribution < 1.29 is 33.8 Å². The van der Waals surface area contributed by atoms with Crippen molar-refractivity contribution in [1.82, 2.24) is 4.90 Å². The highest BCUT2D eigenvalue weighted by Crippen LogP contribution is 2.28. The van der Waals surface area contributed by atoms with E-state index in [0.717, 1.165) is 6.07 Å². The highest BCUT2D eigenvalue weighted by Gasteiger charge is 2.18. The summed E-state index contributed by atoms with van der Waals surface area (Å²) < 4.78 is 21.8. The summed E-state index contributed by atoms with van der Waals surface area (Å²) in [5.74, 6) is -0.250. The van der Waals surface area contributed by atoms with Crippen molar-refractivity contribution in [2.24, 2.45) is 0 Å². The third kappa shape index (κ3) is 7.49. The fourth-order valence-corrected chi connectivity index (χ4v) is 2.68. The number of ether oxygens (including phenoxy) is 4. The molecule has 10 nitrogen and oxygen atoms in total. The van der Waals surface area contributed by atoms with Crippen molar-refractivity contribution in [2.75, 3.05) is 65.9 Å². The van der Waals surface area contributed by atoms with Crippen molar-refractivity contribution in [3.63, 3.8) is 0 Å². The van der Waals surface area contributed by atoms with Crippen LogP contribution < -0.4 is 0 Å². The number of phenolic OH excluding ortho intramolecular Hbond substituents is 1. The highest BCUT2D eigenvalue weighted by molar-refractivity contribution is 5.81. The first-order valence-electron chi connectivity index (χ1n) is 9.10. The van der Waals surface area contributed by atoms with Crippen LogP contribution in [-0.2, 0) is 25.5 Å². The molecule has 2 rings (SSSR count). The molecular weight excluding hydrogens is 372 g/mol. The fraction of sp³-hybridized carbons (Fsp3) is 0.611. The number of hydrogen-bond acceptors (Lipinski definition) is 9. The van der Waals surface area contributed by atoms with Gasteiger partial charge in [0.25, 0.3) is 5.69 Å². The second-order valence-electron chi connectivity index (χ2n) is 6.14. The molecule has 1 N–H and O–H groups in total. The van der Waals surface area contributed by atoms with E-state index in [2.05, 4.69) is 0 Å². The number of phenols is 1. The Morgan fingerprint density at radius 3 is 1.93 bits per heavy atom. The Morgan fingerprint density at radius 1 is 0.964 bits per heavy atom. The van der Waals surface area contributed by atoms with Gasteiger partial charge in [-0.05, 0) is 0 Å². The van der Waals surface area contributed by atoms with E-state index < -0.39 is 4.92 Å². The van der Waals surface area contributed by atoms with Gasteiger partial charge in [-0.15, -0.1) is 0 Å². The van der Waals surface area contributed by atoms with E-state index in [0.29, 0.717) is 77.8 Å². The van der Waals surface area contributed by atoms with Crippen LogP contribution in [0.15, 0.2) is 12.1 Å². The second kappa shape index (κ2) is 12.4. The molecule has 1 aliphatic rings. The normalized spacial score (nSPS) is 18.7. The van der Waals surface area contributed by atoms with Crippen LogP contribution in [-0.4, -0.2) is 87.2 Å². The van der Waals surface area contributed by atoms with Gasteiger partial charge >= 0.3 is 0 Å². The van der Waals surface area contributed by atoms with E-state index in [4.69, 9.17) is 18.9 Å². The van der Waals surface area contributed by atoms with Crippen LogP contribution in [0.1, 0.15) is 15.9 Å². The third-order valence-corrected chi connectivity index (χ3v) is 4.15. The average Bonchev–Trinajstić information content (AvgIpc) is 2.69. The molecule has 156 valence electrons. The number of non-ortho nitro benzene ring substituents is 1. The molecule has 10 heteroatoms. The quantitative estimate of drug-likeness (QED) is 0.450. The van der Waals surface area contributed by atoms with Gasteiger partial charge in [-0.3, -0.25) is 19.8 Å². The zero-order valence-corrected chi connectivity index (χ0v) is 15.7. The van der Waals surface area contributed by atoms with Crippen molar-refractivity contribution in [2.45, 2.75) is 6.54 Å². The summed E-state index contributed by atoms with van der Waals surface area (Å²) >= 11 is 0. The number of hydrogen-bond donors (Lipinski definition) is 1. The SMILES string of the molecule is O=Cc1cc([N+](=O)[O-])cc(CN2CCOCCOCCOCCOCC2)c1O. The lowest BCUT2D eigenvalue weighted by Gasteiger charge is -2.23. The first-order chi connectivity index (χ1) is 13.6. The number of aromatic hydroxyl groups is 1. The number of carbonyl (C=O) groups excluding carboxylic acids is 1. The molecule has 0 aromatic heterocycles. The Bertz CT molecular complexity index is 624. The maximum atomic E-state index is 11.1. The largest absolute Gasteiger partial charge is 0.507 e. The Balaban J connectivity index is 2.05. The maximum absolute atomic E-state index is 11.1. The van der Waals surface area contributed by atoms with Gasteiger partial charge < -0.3 is 24.1 Å². The van der Waals surface area contributed by atoms with Gasteiger partial charge in [-0.1, -0.05) is 0 Å². The van der Waals surface area contributed by atoms with Gasteiger partial charge in [0.05, 0.1) is 63.3 Å².